The van der Waals surface area contributed by atoms with E-state index >= 15 is 0 Å². The SMILES string of the molecule is C=CCn1c(SCC(O)COc2ccc3ccccc3c2)nnc1-c1ccccc1OC. The Morgan fingerprint density at radius 2 is 1.84 bits per heavy atom. The molecule has 0 aliphatic rings. The van der Waals surface area contributed by atoms with Gasteiger partial charge in [0, 0.05) is 12.3 Å². The summed E-state index contributed by atoms with van der Waals surface area (Å²) >= 11 is 1.43. The number of rotatable bonds is 10. The summed E-state index contributed by atoms with van der Waals surface area (Å²) < 4.78 is 13.2. The number of thioether (sulfide) groups is 1. The van der Waals surface area contributed by atoms with E-state index < -0.39 is 6.10 Å². The second kappa shape index (κ2) is 10.3. The van der Waals surface area contributed by atoms with Crippen molar-refractivity contribution in [2.24, 2.45) is 0 Å². The lowest BCUT2D eigenvalue weighted by Gasteiger charge is -2.13. The first-order valence-corrected chi connectivity index (χ1v) is 11.3. The van der Waals surface area contributed by atoms with Gasteiger partial charge in [0.1, 0.15) is 18.1 Å². The molecule has 1 heterocycles. The van der Waals surface area contributed by atoms with Crippen LogP contribution in [0.5, 0.6) is 11.5 Å². The first-order chi connectivity index (χ1) is 15.7. The van der Waals surface area contributed by atoms with E-state index in [0.29, 0.717) is 23.3 Å². The average Bonchev–Trinajstić information content (AvgIpc) is 3.23. The van der Waals surface area contributed by atoms with Crippen LogP contribution in [0.1, 0.15) is 0 Å². The highest BCUT2D eigenvalue weighted by molar-refractivity contribution is 7.99. The normalized spacial score (nSPS) is 11.9. The van der Waals surface area contributed by atoms with Crippen LogP contribution in [0.15, 0.2) is 84.5 Å². The Labute approximate surface area is 191 Å². The number of allylic oxidation sites excluding steroid dienone is 1. The highest BCUT2D eigenvalue weighted by Gasteiger charge is 2.18. The number of hydrogen-bond acceptors (Lipinski definition) is 6. The highest BCUT2D eigenvalue weighted by Crippen LogP contribution is 2.31. The number of aliphatic hydroxyl groups excluding tert-OH is 1. The maximum absolute atomic E-state index is 10.5. The molecule has 0 saturated heterocycles. The summed E-state index contributed by atoms with van der Waals surface area (Å²) in [6.45, 7) is 4.59. The van der Waals surface area contributed by atoms with Gasteiger partial charge in [-0.25, -0.2) is 0 Å². The molecule has 0 radical (unpaired) electrons. The zero-order valence-electron chi connectivity index (χ0n) is 17.8. The van der Waals surface area contributed by atoms with E-state index in [2.05, 4.69) is 22.8 Å². The number of ether oxygens (including phenoxy) is 2. The van der Waals surface area contributed by atoms with Crippen molar-refractivity contribution in [1.82, 2.24) is 14.8 Å². The third-order valence-electron chi connectivity index (χ3n) is 4.94. The van der Waals surface area contributed by atoms with Crippen LogP contribution in [0.3, 0.4) is 0 Å². The molecular weight excluding hydrogens is 422 g/mol. The van der Waals surface area contributed by atoms with Crippen molar-refractivity contribution in [3.05, 3.63) is 79.4 Å². The van der Waals surface area contributed by atoms with E-state index in [0.717, 1.165) is 27.8 Å². The largest absolute Gasteiger partial charge is 0.496 e. The molecule has 1 unspecified atom stereocenters. The predicted octanol–water partition coefficient (Wildman–Crippen LogP) is 4.82. The summed E-state index contributed by atoms with van der Waals surface area (Å²) in [7, 11) is 1.63. The molecule has 1 aromatic heterocycles. The highest BCUT2D eigenvalue weighted by atomic mass is 32.2. The second-order valence-corrected chi connectivity index (χ2v) is 8.18. The molecule has 4 aromatic rings. The predicted molar refractivity (Wildman–Crippen MR) is 128 cm³/mol. The first-order valence-electron chi connectivity index (χ1n) is 10.3. The maximum Gasteiger partial charge on any atom is 0.191 e. The molecule has 6 nitrogen and oxygen atoms in total. The molecule has 4 rings (SSSR count). The van der Waals surface area contributed by atoms with E-state index in [4.69, 9.17) is 9.47 Å². The number of para-hydroxylation sites is 1. The smallest absolute Gasteiger partial charge is 0.191 e. The van der Waals surface area contributed by atoms with Crippen molar-refractivity contribution in [2.45, 2.75) is 17.8 Å². The van der Waals surface area contributed by atoms with Crippen molar-refractivity contribution in [2.75, 3.05) is 19.5 Å². The molecule has 0 bridgehead atoms. The fourth-order valence-corrected chi connectivity index (χ4v) is 4.24. The Hall–Kier alpha value is -3.29. The van der Waals surface area contributed by atoms with Crippen LogP contribution in [0, 0.1) is 0 Å². The molecule has 0 spiro atoms. The number of nitrogens with zero attached hydrogens (tertiary/aromatic N) is 3. The Balaban J connectivity index is 1.41. The Morgan fingerprint density at radius 3 is 2.66 bits per heavy atom. The van der Waals surface area contributed by atoms with Crippen molar-refractivity contribution in [1.29, 1.82) is 0 Å². The molecule has 32 heavy (non-hydrogen) atoms. The Kier molecular flexibility index (Phi) is 7.09. The summed E-state index contributed by atoms with van der Waals surface area (Å²) in [6.07, 6.45) is 1.14. The maximum atomic E-state index is 10.5. The number of aromatic nitrogens is 3. The average molecular weight is 448 g/mol. The van der Waals surface area contributed by atoms with Gasteiger partial charge >= 0.3 is 0 Å². The number of aliphatic hydroxyl groups is 1. The summed E-state index contributed by atoms with van der Waals surface area (Å²) in [6, 6.07) is 21.7. The molecule has 7 heteroatoms. The summed E-state index contributed by atoms with van der Waals surface area (Å²) in [5, 5.41) is 22.1. The van der Waals surface area contributed by atoms with E-state index in [1.165, 1.54) is 11.8 Å². The second-order valence-electron chi connectivity index (χ2n) is 7.19. The molecule has 0 fully saturated rings. The Morgan fingerprint density at radius 1 is 1.06 bits per heavy atom. The number of benzene rings is 3. The lowest BCUT2D eigenvalue weighted by atomic mass is 10.1. The molecule has 0 amide bonds. The third-order valence-corrected chi connectivity index (χ3v) is 6.06. The quantitative estimate of drug-likeness (QED) is 0.278. The standard InChI is InChI=1S/C25H25N3O3S/c1-3-14-28-24(22-10-6-7-11-23(22)30-2)26-27-25(28)32-17-20(29)16-31-21-13-12-18-8-4-5-9-19(18)15-21/h3-13,15,20,29H,1,14,16-17H2,2H3. The van der Waals surface area contributed by atoms with Crippen LogP contribution < -0.4 is 9.47 Å². The fourth-order valence-electron chi connectivity index (χ4n) is 3.39. The van der Waals surface area contributed by atoms with Crippen molar-refractivity contribution < 1.29 is 14.6 Å². The molecular formula is C25H25N3O3S. The molecule has 1 N–H and O–H groups in total. The van der Waals surface area contributed by atoms with Crippen LogP contribution in [0.25, 0.3) is 22.2 Å². The molecule has 0 saturated carbocycles. The number of hydrogen-bond donors (Lipinski definition) is 1. The lowest BCUT2D eigenvalue weighted by Crippen LogP contribution is -2.20. The van der Waals surface area contributed by atoms with Crippen LogP contribution in [-0.4, -0.2) is 45.4 Å². The van der Waals surface area contributed by atoms with Gasteiger partial charge in [0.25, 0.3) is 0 Å². The number of fused-ring (bicyclic) bond motifs is 1. The minimum absolute atomic E-state index is 0.195. The zero-order valence-corrected chi connectivity index (χ0v) is 18.7. The van der Waals surface area contributed by atoms with Crippen LogP contribution in [0.2, 0.25) is 0 Å². The van der Waals surface area contributed by atoms with E-state index in [1.54, 1.807) is 13.2 Å². The van der Waals surface area contributed by atoms with Gasteiger partial charge in [0.05, 0.1) is 18.8 Å². The monoisotopic (exact) mass is 447 g/mol. The van der Waals surface area contributed by atoms with Gasteiger partial charge in [-0.3, -0.25) is 4.57 Å². The first kappa shape index (κ1) is 21.9. The minimum atomic E-state index is -0.657. The molecule has 0 aliphatic carbocycles. The topological polar surface area (TPSA) is 69.4 Å². The third kappa shape index (κ3) is 4.95. The van der Waals surface area contributed by atoms with E-state index in [-0.39, 0.29) is 6.61 Å². The van der Waals surface area contributed by atoms with E-state index in [9.17, 15) is 5.11 Å². The van der Waals surface area contributed by atoms with Gasteiger partial charge in [-0.15, -0.1) is 16.8 Å². The van der Waals surface area contributed by atoms with Crippen molar-refractivity contribution in [3.8, 4) is 22.9 Å². The molecule has 164 valence electrons. The van der Waals surface area contributed by atoms with Crippen LogP contribution in [0.4, 0.5) is 0 Å². The van der Waals surface area contributed by atoms with Gasteiger partial charge < -0.3 is 14.6 Å². The van der Waals surface area contributed by atoms with Gasteiger partial charge in [-0.1, -0.05) is 60.3 Å². The molecule has 0 aliphatic heterocycles. The Bertz CT molecular complexity index is 1210. The summed E-state index contributed by atoms with van der Waals surface area (Å²) in [5.41, 5.74) is 0.858. The van der Waals surface area contributed by atoms with Gasteiger partial charge in [-0.05, 0) is 35.0 Å². The van der Waals surface area contributed by atoms with E-state index in [1.807, 2.05) is 65.2 Å². The zero-order chi connectivity index (χ0) is 22.3. The van der Waals surface area contributed by atoms with Gasteiger partial charge in [-0.2, -0.15) is 0 Å². The summed E-state index contributed by atoms with van der Waals surface area (Å²) in [5.74, 6) is 2.59. The lowest BCUT2D eigenvalue weighted by molar-refractivity contribution is 0.126. The summed E-state index contributed by atoms with van der Waals surface area (Å²) in [4.78, 5) is 0. The minimum Gasteiger partial charge on any atom is -0.496 e. The number of methoxy groups -OCH3 is 1. The molecule has 1 atom stereocenters. The fraction of sp³-hybridized carbons (Fsp3) is 0.200. The molecule has 3 aromatic carbocycles. The van der Waals surface area contributed by atoms with Gasteiger partial charge in [0.2, 0.25) is 0 Å². The van der Waals surface area contributed by atoms with Crippen LogP contribution >= 0.6 is 11.8 Å². The van der Waals surface area contributed by atoms with Crippen LogP contribution in [-0.2, 0) is 6.54 Å². The van der Waals surface area contributed by atoms with Gasteiger partial charge in [0.15, 0.2) is 11.0 Å². The van der Waals surface area contributed by atoms with Crippen molar-refractivity contribution in [3.63, 3.8) is 0 Å². The van der Waals surface area contributed by atoms with Crippen molar-refractivity contribution >= 4 is 22.5 Å².